The van der Waals surface area contributed by atoms with Gasteiger partial charge in [0.15, 0.2) is 0 Å². The van der Waals surface area contributed by atoms with E-state index in [9.17, 15) is 4.79 Å². The van der Waals surface area contributed by atoms with E-state index in [1.54, 1.807) is 19.2 Å². The quantitative estimate of drug-likeness (QED) is 0.759. The standard InChI is InChI=1S/C19H26N4O4/c1-21(19(24)25)6-7-22-11-17-13-23(14-18(12-22)27-17)8-9-26-16-4-2-15(10-20)3-5-16/h2-5,17-18H,6-9,11-14H2,1H3,(H,24,25). The Hall–Kier alpha value is -2.34. The van der Waals surface area contributed by atoms with Gasteiger partial charge >= 0.3 is 6.09 Å². The third kappa shape index (κ3) is 5.57. The number of likely N-dealkylation sites (N-methyl/N-ethyl adjacent to an activating group) is 1. The zero-order valence-electron chi connectivity index (χ0n) is 15.6. The molecule has 2 saturated heterocycles. The van der Waals surface area contributed by atoms with Gasteiger partial charge in [-0.2, -0.15) is 5.26 Å². The molecule has 146 valence electrons. The van der Waals surface area contributed by atoms with Gasteiger partial charge in [0.05, 0.1) is 23.8 Å². The van der Waals surface area contributed by atoms with Gasteiger partial charge in [-0.15, -0.1) is 0 Å². The molecule has 2 heterocycles. The average molecular weight is 374 g/mol. The first-order valence-corrected chi connectivity index (χ1v) is 9.20. The number of amides is 1. The normalized spacial score (nSPS) is 22.8. The number of morpholine rings is 2. The number of nitriles is 1. The van der Waals surface area contributed by atoms with Crippen molar-refractivity contribution in [1.29, 1.82) is 5.26 Å². The lowest BCUT2D eigenvalue weighted by atomic mass is 10.1. The van der Waals surface area contributed by atoms with Crippen molar-refractivity contribution in [3.8, 4) is 11.8 Å². The highest BCUT2D eigenvalue weighted by Gasteiger charge is 2.34. The van der Waals surface area contributed by atoms with Gasteiger partial charge in [0.1, 0.15) is 12.4 Å². The predicted octanol–water partition coefficient (Wildman–Crippen LogP) is 0.932. The van der Waals surface area contributed by atoms with Crippen LogP contribution in [0.25, 0.3) is 0 Å². The summed E-state index contributed by atoms with van der Waals surface area (Å²) in [5.41, 5.74) is 0.627. The van der Waals surface area contributed by atoms with Crippen LogP contribution in [0.4, 0.5) is 4.79 Å². The second kappa shape index (κ2) is 9.04. The van der Waals surface area contributed by atoms with Crippen molar-refractivity contribution < 1.29 is 19.4 Å². The predicted molar refractivity (Wildman–Crippen MR) is 98.8 cm³/mol. The molecule has 2 unspecified atom stereocenters. The Labute approximate surface area is 159 Å². The molecule has 0 radical (unpaired) electrons. The molecule has 0 aromatic heterocycles. The molecule has 1 amide bonds. The highest BCUT2D eigenvalue weighted by molar-refractivity contribution is 5.64. The van der Waals surface area contributed by atoms with Crippen LogP contribution in [0.1, 0.15) is 5.56 Å². The van der Waals surface area contributed by atoms with E-state index >= 15 is 0 Å². The van der Waals surface area contributed by atoms with Crippen molar-refractivity contribution in [3.63, 3.8) is 0 Å². The molecule has 2 aliphatic heterocycles. The molecule has 2 atom stereocenters. The van der Waals surface area contributed by atoms with Crippen molar-refractivity contribution in [2.75, 3.05) is 59.5 Å². The fourth-order valence-electron chi connectivity index (χ4n) is 3.53. The van der Waals surface area contributed by atoms with Crippen molar-refractivity contribution in [1.82, 2.24) is 14.7 Å². The molecular formula is C19H26N4O4. The van der Waals surface area contributed by atoms with E-state index in [0.717, 1.165) is 45.0 Å². The number of ether oxygens (including phenoxy) is 2. The number of benzene rings is 1. The number of hydrogen-bond donors (Lipinski definition) is 1. The SMILES string of the molecule is CN(CCN1CC2CN(CCOc3ccc(C#N)cc3)CC(C1)O2)C(=O)O. The Bertz CT molecular complexity index is 661. The van der Waals surface area contributed by atoms with E-state index in [1.807, 2.05) is 12.1 Å². The lowest BCUT2D eigenvalue weighted by Gasteiger charge is -2.46. The van der Waals surface area contributed by atoms with Crippen LogP contribution in [0.3, 0.4) is 0 Å². The molecule has 1 N–H and O–H groups in total. The van der Waals surface area contributed by atoms with Gasteiger partial charge in [0.25, 0.3) is 0 Å². The van der Waals surface area contributed by atoms with Crippen LogP contribution in [0, 0.1) is 11.3 Å². The zero-order chi connectivity index (χ0) is 19.2. The molecule has 8 heteroatoms. The molecule has 0 spiro atoms. The van der Waals surface area contributed by atoms with E-state index in [2.05, 4.69) is 15.9 Å². The second-order valence-corrected chi connectivity index (χ2v) is 7.09. The molecule has 2 bridgehead atoms. The summed E-state index contributed by atoms with van der Waals surface area (Å²) in [6, 6.07) is 9.24. The third-order valence-corrected chi connectivity index (χ3v) is 4.97. The van der Waals surface area contributed by atoms with Gasteiger partial charge in [-0.3, -0.25) is 9.80 Å². The monoisotopic (exact) mass is 374 g/mol. The number of fused-ring (bicyclic) bond motifs is 2. The number of carbonyl (C=O) groups is 1. The molecule has 1 aromatic carbocycles. The van der Waals surface area contributed by atoms with Gasteiger partial charge in [0, 0.05) is 52.9 Å². The van der Waals surface area contributed by atoms with Gasteiger partial charge in [-0.25, -0.2) is 4.79 Å². The second-order valence-electron chi connectivity index (χ2n) is 7.09. The summed E-state index contributed by atoms with van der Waals surface area (Å²) in [7, 11) is 1.60. The minimum atomic E-state index is -0.892. The first-order valence-electron chi connectivity index (χ1n) is 9.20. The first kappa shape index (κ1) is 19.4. The fourth-order valence-corrected chi connectivity index (χ4v) is 3.53. The lowest BCUT2D eigenvalue weighted by Crippen LogP contribution is -2.60. The lowest BCUT2D eigenvalue weighted by molar-refractivity contribution is -0.139. The number of carboxylic acid groups (broad SMARTS) is 1. The summed E-state index contributed by atoms with van der Waals surface area (Å²) in [6.45, 7) is 6.05. The van der Waals surface area contributed by atoms with Crippen LogP contribution < -0.4 is 4.74 Å². The Morgan fingerprint density at radius 1 is 1.22 bits per heavy atom. The molecule has 0 saturated carbocycles. The number of rotatable bonds is 7. The van der Waals surface area contributed by atoms with E-state index in [0.29, 0.717) is 18.7 Å². The Kier molecular flexibility index (Phi) is 6.50. The summed E-state index contributed by atoms with van der Waals surface area (Å²) in [4.78, 5) is 16.9. The fraction of sp³-hybridized carbons (Fsp3) is 0.579. The maximum absolute atomic E-state index is 10.9. The summed E-state index contributed by atoms with van der Waals surface area (Å²) >= 11 is 0. The van der Waals surface area contributed by atoms with Gasteiger partial charge < -0.3 is 19.5 Å². The van der Waals surface area contributed by atoms with Crippen LogP contribution in [-0.4, -0.2) is 97.6 Å². The minimum absolute atomic E-state index is 0.155. The largest absolute Gasteiger partial charge is 0.492 e. The Morgan fingerprint density at radius 2 is 1.81 bits per heavy atom. The number of nitrogens with zero attached hydrogens (tertiary/aromatic N) is 4. The molecule has 0 aliphatic carbocycles. The molecule has 3 rings (SSSR count). The van der Waals surface area contributed by atoms with Crippen LogP contribution in [0.2, 0.25) is 0 Å². The van der Waals surface area contributed by atoms with Crippen LogP contribution >= 0.6 is 0 Å². The van der Waals surface area contributed by atoms with Crippen LogP contribution in [0.15, 0.2) is 24.3 Å². The molecule has 2 fully saturated rings. The van der Waals surface area contributed by atoms with Crippen molar-refractivity contribution >= 4 is 6.09 Å². The van der Waals surface area contributed by atoms with Crippen LogP contribution in [0.5, 0.6) is 5.75 Å². The van der Waals surface area contributed by atoms with E-state index < -0.39 is 6.09 Å². The van der Waals surface area contributed by atoms with Gasteiger partial charge in [0.2, 0.25) is 0 Å². The summed E-state index contributed by atoms with van der Waals surface area (Å²) < 4.78 is 11.8. The van der Waals surface area contributed by atoms with Gasteiger partial charge in [-0.1, -0.05) is 0 Å². The zero-order valence-corrected chi connectivity index (χ0v) is 15.6. The Morgan fingerprint density at radius 3 is 2.37 bits per heavy atom. The molecule has 27 heavy (non-hydrogen) atoms. The maximum atomic E-state index is 10.9. The van der Waals surface area contributed by atoms with Crippen molar-refractivity contribution in [2.24, 2.45) is 0 Å². The molecule has 8 nitrogen and oxygen atoms in total. The first-order chi connectivity index (χ1) is 13.0. The van der Waals surface area contributed by atoms with Crippen LogP contribution in [-0.2, 0) is 4.74 Å². The Balaban J connectivity index is 1.39. The maximum Gasteiger partial charge on any atom is 0.407 e. The highest BCUT2D eigenvalue weighted by atomic mass is 16.5. The van der Waals surface area contributed by atoms with Crippen molar-refractivity contribution in [3.05, 3.63) is 29.8 Å². The topological polar surface area (TPSA) is 89.3 Å². The van der Waals surface area contributed by atoms with Gasteiger partial charge in [-0.05, 0) is 24.3 Å². The summed E-state index contributed by atoms with van der Waals surface area (Å²) in [6.07, 6.45) is -0.581. The molecule has 1 aromatic rings. The minimum Gasteiger partial charge on any atom is -0.492 e. The van der Waals surface area contributed by atoms with Crippen molar-refractivity contribution in [2.45, 2.75) is 12.2 Å². The molecular weight excluding hydrogens is 348 g/mol. The van der Waals surface area contributed by atoms with E-state index in [4.69, 9.17) is 19.8 Å². The average Bonchev–Trinajstić information content (AvgIpc) is 2.66. The third-order valence-electron chi connectivity index (χ3n) is 4.97. The number of hydrogen-bond acceptors (Lipinski definition) is 6. The highest BCUT2D eigenvalue weighted by Crippen LogP contribution is 2.19. The summed E-state index contributed by atoms with van der Waals surface area (Å²) in [5, 5.41) is 17.8. The smallest absolute Gasteiger partial charge is 0.407 e. The van der Waals surface area contributed by atoms with E-state index in [1.165, 1.54) is 4.90 Å². The summed E-state index contributed by atoms with van der Waals surface area (Å²) in [5.74, 6) is 0.774. The van der Waals surface area contributed by atoms with E-state index in [-0.39, 0.29) is 12.2 Å². The molecule has 2 aliphatic rings.